The Kier molecular flexibility index (Phi) is 5.41. The van der Waals surface area contributed by atoms with E-state index in [1.54, 1.807) is 4.90 Å². The lowest BCUT2D eigenvalue weighted by Crippen LogP contribution is -2.45. The molecule has 0 aromatic heterocycles. The van der Waals surface area contributed by atoms with E-state index in [0.717, 1.165) is 0 Å². The first-order valence-electron chi connectivity index (χ1n) is 3.88. The van der Waals surface area contributed by atoms with E-state index in [-0.39, 0.29) is 0 Å². The minimum absolute atomic E-state index is 0.469. The van der Waals surface area contributed by atoms with Crippen molar-refractivity contribution in [2.24, 2.45) is 0 Å². The van der Waals surface area contributed by atoms with Gasteiger partial charge in [-0.2, -0.15) is 0 Å². The summed E-state index contributed by atoms with van der Waals surface area (Å²) >= 11 is 0. The number of hydrogen-bond donors (Lipinski definition) is 2. The highest BCUT2D eigenvalue weighted by atomic mass is 16.7. The monoisotopic (exact) mass is 163 g/mol. The Hall–Kier alpha value is -0.160. The summed E-state index contributed by atoms with van der Waals surface area (Å²) in [6, 6.07) is 0. The van der Waals surface area contributed by atoms with Crippen molar-refractivity contribution in [3.8, 4) is 0 Å². The highest BCUT2D eigenvalue weighted by molar-refractivity contribution is 4.61. The number of likely N-dealkylation sites (N-methyl/N-ethyl adjacent to an activating group) is 1. The third-order valence-corrected chi connectivity index (χ3v) is 1.25. The molecule has 0 radical (unpaired) electrons. The van der Waals surface area contributed by atoms with Gasteiger partial charge in [0, 0.05) is 13.1 Å². The van der Waals surface area contributed by atoms with Gasteiger partial charge in [0.15, 0.2) is 12.6 Å². The van der Waals surface area contributed by atoms with Crippen molar-refractivity contribution in [1.29, 1.82) is 0 Å². The summed E-state index contributed by atoms with van der Waals surface area (Å²) in [7, 11) is 1.81. The Labute approximate surface area is 67.4 Å². The minimum Gasteiger partial charge on any atom is -0.367 e. The topological polar surface area (TPSA) is 52.9 Å². The van der Waals surface area contributed by atoms with Crippen LogP contribution in [0, 0.1) is 0 Å². The number of nitrogens with zero attached hydrogens (tertiary/aromatic N) is 1. The lowest BCUT2D eigenvalue weighted by Gasteiger charge is -2.30. The van der Waals surface area contributed by atoms with Crippen LogP contribution in [0.15, 0.2) is 0 Å². The quantitative estimate of drug-likeness (QED) is 0.511. The van der Waals surface area contributed by atoms with Gasteiger partial charge in [-0.05, 0) is 7.05 Å². The van der Waals surface area contributed by atoms with Crippen molar-refractivity contribution in [1.82, 2.24) is 4.90 Å². The van der Waals surface area contributed by atoms with Gasteiger partial charge in [0.1, 0.15) is 0 Å². The number of β-amino-alcohol motifs (C(OH)–C–C–N with tert-alkyl or cyclic N) is 2. The highest BCUT2D eigenvalue weighted by Gasteiger charge is 2.21. The van der Waals surface area contributed by atoms with Crippen molar-refractivity contribution in [3.05, 3.63) is 0 Å². The second kappa shape index (κ2) is 5.49. The average molecular weight is 163 g/mol. The zero-order valence-electron chi connectivity index (χ0n) is 7.32. The molecule has 0 bridgehead atoms. The molecule has 4 nitrogen and oxygen atoms in total. The van der Waals surface area contributed by atoms with Gasteiger partial charge in [0.25, 0.3) is 0 Å². The number of hydrogen-bond acceptors (Lipinski definition) is 4. The van der Waals surface area contributed by atoms with E-state index in [4.69, 9.17) is 10.2 Å². The van der Waals surface area contributed by atoms with Gasteiger partial charge in [0.2, 0.25) is 0 Å². The van der Waals surface area contributed by atoms with E-state index in [2.05, 4.69) is 4.74 Å². The van der Waals surface area contributed by atoms with Crippen LogP contribution in [-0.2, 0) is 4.74 Å². The van der Waals surface area contributed by atoms with E-state index >= 15 is 0 Å². The number of morpholine rings is 1. The Balaban J connectivity index is 0.000000461. The summed E-state index contributed by atoms with van der Waals surface area (Å²) in [5, 5.41) is 17.7. The maximum Gasteiger partial charge on any atom is 0.170 e. The molecule has 4 heteroatoms. The van der Waals surface area contributed by atoms with Crippen molar-refractivity contribution in [2.45, 2.75) is 26.4 Å². The summed E-state index contributed by atoms with van der Waals surface area (Å²) < 4.78 is 4.63. The summed E-state index contributed by atoms with van der Waals surface area (Å²) in [5.41, 5.74) is 0. The van der Waals surface area contributed by atoms with Crippen molar-refractivity contribution in [3.63, 3.8) is 0 Å². The SMILES string of the molecule is CC.CN1CC(O)OC(O)C1. The summed E-state index contributed by atoms with van der Waals surface area (Å²) in [6.45, 7) is 4.94. The molecule has 0 saturated carbocycles. The van der Waals surface area contributed by atoms with E-state index in [1.165, 1.54) is 0 Å². The molecule has 2 unspecified atom stereocenters. The zero-order valence-corrected chi connectivity index (χ0v) is 7.32. The second-order valence-corrected chi connectivity index (χ2v) is 2.27. The molecule has 1 aliphatic rings. The first-order valence-corrected chi connectivity index (χ1v) is 3.88. The van der Waals surface area contributed by atoms with Crippen LogP contribution in [0.5, 0.6) is 0 Å². The lowest BCUT2D eigenvalue weighted by molar-refractivity contribution is -0.244. The molecular weight excluding hydrogens is 146 g/mol. The Morgan fingerprint density at radius 2 is 1.55 bits per heavy atom. The first kappa shape index (κ1) is 10.8. The number of ether oxygens (including phenoxy) is 1. The maximum absolute atomic E-state index is 8.83. The highest BCUT2D eigenvalue weighted by Crippen LogP contribution is 2.03. The molecule has 2 N–H and O–H groups in total. The van der Waals surface area contributed by atoms with Gasteiger partial charge < -0.3 is 14.9 Å². The Bertz CT molecular complexity index is 74.7. The van der Waals surface area contributed by atoms with Gasteiger partial charge in [-0.15, -0.1) is 0 Å². The van der Waals surface area contributed by atoms with Crippen LogP contribution >= 0.6 is 0 Å². The lowest BCUT2D eigenvalue weighted by atomic mass is 10.4. The zero-order chi connectivity index (χ0) is 8.85. The molecule has 2 atom stereocenters. The standard InChI is InChI=1S/C5H11NO3.C2H6/c1-6-2-4(7)9-5(8)3-6;1-2/h4-5,7-8H,2-3H2,1H3;1-2H3. The van der Waals surface area contributed by atoms with Crippen molar-refractivity contribution >= 4 is 0 Å². The average Bonchev–Trinajstić information content (AvgIpc) is 1.88. The Morgan fingerprint density at radius 1 is 1.18 bits per heavy atom. The smallest absolute Gasteiger partial charge is 0.170 e. The molecule has 1 aliphatic heterocycles. The van der Waals surface area contributed by atoms with Gasteiger partial charge in [-0.1, -0.05) is 13.8 Å². The van der Waals surface area contributed by atoms with Gasteiger partial charge in [0.05, 0.1) is 0 Å². The maximum atomic E-state index is 8.83. The van der Waals surface area contributed by atoms with Crippen LogP contribution in [0.1, 0.15) is 13.8 Å². The van der Waals surface area contributed by atoms with Gasteiger partial charge in [-0.3, -0.25) is 4.90 Å². The molecule has 0 aromatic carbocycles. The van der Waals surface area contributed by atoms with Gasteiger partial charge >= 0.3 is 0 Å². The fraction of sp³-hybridized carbons (Fsp3) is 1.00. The van der Waals surface area contributed by atoms with E-state index in [1.807, 2.05) is 20.9 Å². The molecule has 0 aliphatic carbocycles. The van der Waals surface area contributed by atoms with Crippen molar-refractivity contribution < 1.29 is 14.9 Å². The summed E-state index contributed by atoms with van der Waals surface area (Å²) in [4.78, 5) is 1.80. The molecule has 68 valence electrons. The molecular formula is C7H17NO3. The van der Waals surface area contributed by atoms with E-state index in [9.17, 15) is 0 Å². The summed E-state index contributed by atoms with van der Waals surface area (Å²) in [6.07, 6.45) is -1.67. The van der Waals surface area contributed by atoms with Crippen LogP contribution in [0.2, 0.25) is 0 Å². The van der Waals surface area contributed by atoms with Crippen LogP contribution in [0.25, 0.3) is 0 Å². The van der Waals surface area contributed by atoms with Crippen LogP contribution in [0.3, 0.4) is 0 Å². The normalized spacial score (nSPS) is 32.5. The first-order chi connectivity index (χ1) is 5.18. The fourth-order valence-electron chi connectivity index (χ4n) is 0.875. The van der Waals surface area contributed by atoms with Gasteiger partial charge in [-0.25, -0.2) is 0 Å². The molecule has 0 spiro atoms. The predicted octanol–water partition coefficient (Wildman–Crippen LogP) is -0.389. The molecule has 0 amide bonds. The molecule has 1 rings (SSSR count). The second-order valence-electron chi connectivity index (χ2n) is 2.27. The Morgan fingerprint density at radius 3 is 1.82 bits per heavy atom. The molecule has 0 aromatic rings. The fourth-order valence-corrected chi connectivity index (χ4v) is 0.875. The number of aliphatic hydroxyl groups is 2. The van der Waals surface area contributed by atoms with E-state index in [0.29, 0.717) is 13.1 Å². The molecule has 1 fully saturated rings. The third-order valence-electron chi connectivity index (χ3n) is 1.25. The van der Waals surface area contributed by atoms with Crippen LogP contribution in [-0.4, -0.2) is 47.8 Å². The number of aliphatic hydroxyl groups excluding tert-OH is 2. The molecule has 1 saturated heterocycles. The van der Waals surface area contributed by atoms with Crippen molar-refractivity contribution in [2.75, 3.05) is 20.1 Å². The third kappa shape index (κ3) is 4.31. The molecule has 11 heavy (non-hydrogen) atoms. The predicted molar refractivity (Wildman–Crippen MR) is 41.9 cm³/mol. The van der Waals surface area contributed by atoms with Crippen LogP contribution < -0.4 is 0 Å². The number of rotatable bonds is 0. The van der Waals surface area contributed by atoms with Crippen LogP contribution in [0.4, 0.5) is 0 Å². The molecule has 1 heterocycles. The summed E-state index contributed by atoms with van der Waals surface area (Å²) in [5.74, 6) is 0. The van der Waals surface area contributed by atoms with E-state index < -0.39 is 12.6 Å². The minimum atomic E-state index is -0.834. The largest absolute Gasteiger partial charge is 0.367 e.